The second-order valence-electron chi connectivity index (χ2n) is 8.45. The second kappa shape index (κ2) is 6.97. The minimum Gasteiger partial charge on any atom is -0.283 e. The van der Waals surface area contributed by atoms with E-state index in [1.54, 1.807) is 11.8 Å². The fourth-order valence-corrected chi connectivity index (χ4v) is 5.60. The summed E-state index contributed by atoms with van der Waals surface area (Å²) in [7, 11) is 0. The van der Waals surface area contributed by atoms with Gasteiger partial charge in [0.15, 0.2) is 5.16 Å². The van der Waals surface area contributed by atoms with Crippen LogP contribution < -0.4 is 5.56 Å². The maximum atomic E-state index is 13.8. The molecule has 4 heteroatoms. The summed E-state index contributed by atoms with van der Waals surface area (Å²) in [6.45, 7) is 10.9. The van der Waals surface area contributed by atoms with Gasteiger partial charge in [-0.05, 0) is 31.7 Å². The molecule has 2 aromatic rings. The number of rotatable bonds is 4. The molecule has 1 aromatic heterocycles. The summed E-state index contributed by atoms with van der Waals surface area (Å²) in [6, 6.07) is 8.52. The Kier molecular flexibility index (Phi) is 4.79. The third-order valence-electron chi connectivity index (χ3n) is 5.80. The zero-order valence-electron chi connectivity index (χ0n) is 16.5. The maximum absolute atomic E-state index is 13.8. The van der Waals surface area contributed by atoms with E-state index in [0.717, 1.165) is 46.8 Å². The minimum absolute atomic E-state index is 0.0361. The smallest absolute Gasteiger partial charge is 0.258 e. The molecule has 4 rings (SSSR count). The first kappa shape index (κ1) is 18.5. The van der Waals surface area contributed by atoms with Crippen LogP contribution in [0.25, 0.3) is 11.3 Å². The molecule has 27 heavy (non-hydrogen) atoms. The minimum atomic E-state index is -0.0361. The monoisotopic (exact) mass is 380 g/mol. The Labute approximate surface area is 165 Å². The van der Waals surface area contributed by atoms with Gasteiger partial charge in [-0.15, -0.1) is 0 Å². The fourth-order valence-electron chi connectivity index (χ4n) is 4.76. The highest BCUT2D eigenvalue weighted by molar-refractivity contribution is 7.99. The summed E-state index contributed by atoms with van der Waals surface area (Å²) >= 11 is 1.67. The lowest BCUT2D eigenvalue weighted by Crippen LogP contribution is -2.40. The molecule has 0 N–H and O–H groups in total. The molecule has 2 aliphatic rings. The number of hydrogen-bond donors (Lipinski definition) is 0. The summed E-state index contributed by atoms with van der Waals surface area (Å²) in [5, 5.41) is 1.19. The van der Waals surface area contributed by atoms with Crippen LogP contribution in [-0.4, -0.2) is 14.8 Å². The van der Waals surface area contributed by atoms with Gasteiger partial charge in [0, 0.05) is 22.8 Å². The van der Waals surface area contributed by atoms with Crippen LogP contribution >= 0.6 is 11.8 Å². The normalized spacial score (nSPS) is 17.2. The van der Waals surface area contributed by atoms with Crippen molar-refractivity contribution >= 4 is 11.8 Å². The molecule has 0 saturated heterocycles. The van der Waals surface area contributed by atoms with E-state index in [9.17, 15) is 4.79 Å². The lowest BCUT2D eigenvalue weighted by Gasteiger charge is -2.36. The van der Waals surface area contributed by atoms with Gasteiger partial charge >= 0.3 is 0 Å². The number of allylic oxidation sites excluding steroid dienone is 1. The molecule has 1 fully saturated rings. The molecule has 142 valence electrons. The van der Waals surface area contributed by atoms with Crippen molar-refractivity contribution in [3.63, 3.8) is 0 Å². The van der Waals surface area contributed by atoms with Crippen molar-refractivity contribution in [3.05, 3.63) is 57.9 Å². The number of thioether (sulfide) groups is 1. The van der Waals surface area contributed by atoms with Crippen molar-refractivity contribution in [3.8, 4) is 11.3 Å². The molecule has 0 amide bonds. The molecule has 0 bridgehead atoms. The van der Waals surface area contributed by atoms with E-state index in [-0.39, 0.29) is 11.0 Å². The zero-order chi connectivity index (χ0) is 19.2. The molecule has 1 saturated carbocycles. The van der Waals surface area contributed by atoms with Crippen molar-refractivity contribution < 1.29 is 0 Å². The van der Waals surface area contributed by atoms with Crippen LogP contribution in [0.1, 0.15) is 57.6 Å². The van der Waals surface area contributed by atoms with E-state index >= 15 is 0 Å². The summed E-state index contributed by atoms with van der Waals surface area (Å²) in [6.07, 6.45) is 5.55. The van der Waals surface area contributed by atoms with Gasteiger partial charge in [0.05, 0.1) is 11.3 Å². The molecule has 1 heterocycles. The fraction of sp³-hybridized carbons (Fsp3) is 0.478. The average Bonchev–Trinajstić information content (AvgIpc) is 3.06. The predicted octanol–water partition coefficient (Wildman–Crippen LogP) is 5.35. The Morgan fingerprint density at radius 1 is 1.30 bits per heavy atom. The van der Waals surface area contributed by atoms with Crippen LogP contribution in [0, 0.1) is 0 Å². The summed E-state index contributed by atoms with van der Waals surface area (Å²) < 4.78 is 1.87. The lowest BCUT2D eigenvalue weighted by atomic mass is 9.68. The molecule has 1 aromatic carbocycles. The van der Waals surface area contributed by atoms with Crippen LogP contribution in [0.4, 0.5) is 0 Å². The van der Waals surface area contributed by atoms with Crippen LogP contribution in [-0.2, 0) is 18.4 Å². The van der Waals surface area contributed by atoms with Crippen molar-refractivity contribution in [2.24, 2.45) is 0 Å². The first-order valence-corrected chi connectivity index (χ1v) is 10.8. The van der Waals surface area contributed by atoms with Crippen molar-refractivity contribution in [1.29, 1.82) is 0 Å². The van der Waals surface area contributed by atoms with Gasteiger partial charge in [-0.3, -0.25) is 9.36 Å². The van der Waals surface area contributed by atoms with E-state index in [1.165, 1.54) is 18.4 Å². The van der Waals surface area contributed by atoms with Gasteiger partial charge < -0.3 is 0 Å². The van der Waals surface area contributed by atoms with Gasteiger partial charge in [0.1, 0.15) is 0 Å². The maximum Gasteiger partial charge on any atom is 0.258 e. The van der Waals surface area contributed by atoms with E-state index < -0.39 is 0 Å². The molecule has 0 atom stereocenters. The predicted molar refractivity (Wildman–Crippen MR) is 114 cm³/mol. The highest BCUT2D eigenvalue weighted by Crippen LogP contribution is 2.50. The topological polar surface area (TPSA) is 34.9 Å². The van der Waals surface area contributed by atoms with E-state index in [4.69, 9.17) is 4.98 Å². The second-order valence-corrected chi connectivity index (χ2v) is 10.00. The van der Waals surface area contributed by atoms with Crippen LogP contribution in [0.15, 0.2) is 46.4 Å². The quantitative estimate of drug-likeness (QED) is 0.407. The number of aromatic nitrogens is 2. The van der Waals surface area contributed by atoms with E-state index in [2.05, 4.69) is 44.7 Å². The van der Waals surface area contributed by atoms with Crippen LogP contribution in [0.3, 0.4) is 0 Å². The number of hydrogen-bond acceptors (Lipinski definition) is 3. The van der Waals surface area contributed by atoms with E-state index in [1.807, 2.05) is 11.5 Å². The van der Waals surface area contributed by atoms with Gasteiger partial charge in [0.2, 0.25) is 0 Å². The summed E-state index contributed by atoms with van der Waals surface area (Å²) in [5.41, 5.74) is 5.50. The van der Waals surface area contributed by atoms with Crippen LogP contribution in [0.2, 0.25) is 0 Å². The highest BCUT2D eigenvalue weighted by Gasteiger charge is 2.44. The largest absolute Gasteiger partial charge is 0.283 e. The highest BCUT2D eigenvalue weighted by atomic mass is 32.2. The van der Waals surface area contributed by atoms with Gasteiger partial charge in [-0.25, -0.2) is 4.98 Å². The molecular weight excluding hydrogens is 352 g/mol. The number of fused-ring (bicyclic) bond motifs is 4. The molecule has 1 spiro atoms. The van der Waals surface area contributed by atoms with Gasteiger partial charge in [-0.2, -0.15) is 0 Å². The third kappa shape index (κ3) is 3.18. The molecule has 0 radical (unpaired) electrons. The molecule has 0 unspecified atom stereocenters. The first-order valence-electron chi connectivity index (χ1n) is 9.96. The summed E-state index contributed by atoms with van der Waals surface area (Å²) in [4.78, 5) is 18.9. The van der Waals surface area contributed by atoms with Crippen molar-refractivity contribution in [2.45, 2.75) is 75.2 Å². The van der Waals surface area contributed by atoms with Crippen molar-refractivity contribution in [2.75, 3.05) is 0 Å². The Morgan fingerprint density at radius 2 is 2.00 bits per heavy atom. The third-order valence-corrected chi connectivity index (χ3v) is 6.79. The molecular formula is C23H28N2OS. The summed E-state index contributed by atoms with van der Waals surface area (Å²) in [5.74, 6) is 0. The molecule has 3 nitrogen and oxygen atoms in total. The van der Waals surface area contributed by atoms with Crippen LogP contribution in [0.5, 0.6) is 0 Å². The Morgan fingerprint density at radius 3 is 2.67 bits per heavy atom. The number of nitrogens with zero attached hydrogens (tertiary/aromatic N) is 2. The van der Waals surface area contributed by atoms with Gasteiger partial charge in [0.25, 0.3) is 5.56 Å². The lowest BCUT2D eigenvalue weighted by molar-refractivity contribution is 0.417. The zero-order valence-corrected chi connectivity index (χ0v) is 17.4. The standard InChI is InChI=1S/C23H28N2OS/c1-15(2)14-25-21(26)19-20(24-22(25)27-16(3)4)18-10-6-5-9-17(18)13-23(19)11-7-8-12-23/h5-6,9-10,16H,1,7-8,11-14H2,2-4H3. The van der Waals surface area contributed by atoms with Gasteiger partial charge in [-0.1, -0.05) is 74.9 Å². The van der Waals surface area contributed by atoms with E-state index in [0.29, 0.717) is 11.8 Å². The molecule has 0 aliphatic heterocycles. The Hall–Kier alpha value is -1.81. The Balaban J connectivity index is 2.03. The first-order chi connectivity index (χ1) is 12.9. The van der Waals surface area contributed by atoms with Crippen molar-refractivity contribution in [1.82, 2.24) is 9.55 Å². The SMILES string of the molecule is C=C(C)Cn1c(SC(C)C)nc2c(c1=O)C1(CCCC1)Cc1ccccc1-2. The molecule has 2 aliphatic carbocycles. The number of benzene rings is 1. The average molecular weight is 381 g/mol. The Bertz CT molecular complexity index is 951.